The number of ether oxygens (including phenoxy) is 1. The van der Waals surface area contributed by atoms with E-state index in [9.17, 15) is 9.59 Å². The van der Waals surface area contributed by atoms with Crippen LogP contribution in [-0.2, 0) is 13.0 Å². The van der Waals surface area contributed by atoms with Crippen LogP contribution >= 0.6 is 0 Å². The Hall–Kier alpha value is -4.01. The first kappa shape index (κ1) is 20.9. The highest BCUT2D eigenvalue weighted by Gasteiger charge is 2.17. The van der Waals surface area contributed by atoms with Crippen LogP contribution in [0.4, 0.5) is 5.95 Å². The zero-order valence-corrected chi connectivity index (χ0v) is 18.3. The lowest BCUT2D eigenvalue weighted by molar-refractivity contribution is 0.102. The number of nitrogens with zero attached hydrogens (tertiary/aromatic N) is 4. The molecular formula is C24H24N6O3. The van der Waals surface area contributed by atoms with Crippen LogP contribution in [-0.4, -0.2) is 37.7 Å². The molecule has 0 radical (unpaired) electrons. The van der Waals surface area contributed by atoms with Crippen LogP contribution in [0.5, 0.6) is 5.75 Å². The maximum Gasteiger partial charge on any atom is 0.261 e. The van der Waals surface area contributed by atoms with Gasteiger partial charge in [0.05, 0.1) is 23.6 Å². The average molecular weight is 444 g/mol. The van der Waals surface area contributed by atoms with Gasteiger partial charge in [0.25, 0.3) is 11.5 Å². The van der Waals surface area contributed by atoms with E-state index >= 15 is 0 Å². The first-order valence-electron chi connectivity index (χ1n) is 11.0. The molecule has 0 unspecified atom stereocenters. The predicted octanol–water partition coefficient (Wildman–Crippen LogP) is 3.56. The molecule has 1 aliphatic heterocycles. The van der Waals surface area contributed by atoms with E-state index in [1.165, 1.54) is 0 Å². The standard InChI is InChI=1S/C24H24N6O3/c1-33-19-9-6-5-8-17(19)21-26-24(29-28-21)27-22(31)15-11-12-16-18(14-15)25-20-10-4-2-3-7-13-30(20)23(16)32/h5-6,8-9,11-12,14H,2-4,7,10,13H2,1H3,(H2,26,27,28,29,31). The molecule has 0 saturated heterocycles. The Labute approximate surface area is 189 Å². The lowest BCUT2D eigenvalue weighted by Crippen LogP contribution is -2.26. The van der Waals surface area contributed by atoms with Crippen molar-refractivity contribution in [2.24, 2.45) is 0 Å². The topological polar surface area (TPSA) is 115 Å². The second-order valence-electron chi connectivity index (χ2n) is 8.04. The molecule has 33 heavy (non-hydrogen) atoms. The fourth-order valence-corrected chi connectivity index (χ4v) is 4.19. The molecule has 1 amide bonds. The van der Waals surface area contributed by atoms with Crippen molar-refractivity contribution >= 4 is 22.8 Å². The van der Waals surface area contributed by atoms with Gasteiger partial charge in [-0.25, -0.2) is 4.98 Å². The Morgan fingerprint density at radius 3 is 2.82 bits per heavy atom. The van der Waals surface area contributed by atoms with E-state index in [1.54, 1.807) is 29.9 Å². The first-order chi connectivity index (χ1) is 16.1. The van der Waals surface area contributed by atoms with Gasteiger partial charge in [-0.05, 0) is 43.2 Å². The van der Waals surface area contributed by atoms with Gasteiger partial charge in [0, 0.05) is 18.5 Å². The number of hydrogen-bond acceptors (Lipinski definition) is 6. The number of anilines is 1. The minimum atomic E-state index is -0.379. The first-order valence-corrected chi connectivity index (χ1v) is 11.0. The van der Waals surface area contributed by atoms with Crippen molar-refractivity contribution in [3.8, 4) is 17.1 Å². The van der Waals surface area contributed by atoms with Gasteiger partial charge in [-0.1, -0.05) is 25.0 Å². The van der Waals surface area contributed by atoms with E-state index in [2.05, 4.69) is 20.5 Å². The SMILES string of the molecule is COc1ccccc1-c1nc(NC(=O)c2ccc3c(=O)n4c(nc3c2)CCCCCC4)n[nH]1. The van der Waals surface area contributed by atoms with Crippen LogP contribution in [0.3, 0.4) is 0 Å². The summed E-state index contributed by atoms with van der Waals surface area (Å²) in [4.78, 5) is 34.9. The second kappa shape index (κ2) is 8.85. The third-order valence-corrected chi connectivity index (χ3v) is 5.90. The third-order valence-electron chi connectivity index (χ3n) is 5.90. The minimum absolute atomic E-state index is 0.0423. The molecule has 0 atom stereocenters. The van der Waals surface area contributed by atoms with Gasteiger partial charge in [-0.2, -0.15) is 4.98 Å². The maximum absolute atomic E-state index is 13.0. The van der Waals surface area contributed by atoms with Gasteiger partial charge >= 0.3 is 0 Å². The normalized spacial score (nSPS) is 13.7. The molecule has 2 N–H and O–H groups in total. The Morgan fingerprint density at radius 1 is 1.09 bits per heavy atom. The van der Waals surface area contributed by atoms with Crippen molar-refractivity contribution in [3.05, 3.63) is 64.2 Å². The molecule has 168 valence electrons. The summed E-state index contributed by atoms with van der Waals surface area (Å²) >= 11 is 0. The fraction of sp³-hybridized carbons (Fsp3) is 0.292. The highest BCUT2D eigenvalue weighted by Crippen LogP contribution is 2.27. The highest BCUT2D eigenvalue weighted by molar-refractivity contribution is 6.05. The van der Waals surface area contributed by atoms with E-state index in [-0.39, 0.29) is 17.4 Å². The lowest BCUT2D eigenvalue weighted by Gasteiger charge is -2.16. The van der Waals surface area contributed by atoms with Gasteiger partial charge in [0.15, 0.2) is 5.82 Å². The van der Waals surface area contributed by atoms with Gasteiger partial charge in [0.2, 0.25) is 5.95 Å². The molecular weight excluding hydrogens is 420 g/mol. The summed E-state index contributed by atoms with van der Waals surface area (Å²) in [5.41, 5.74) is 1.61. The van der Waals surface area contributed by atoms with Crippen molar-refractivity contribution < 1.29 is 9.53 Å². The summed E-state index contributed by atoms with van der Waals surface area (Å²) in [6.45, 7) is 0.693. The number of para-hydroxylation sites is 1. The van der Waals surface area contributed by atoms with Crippen LogP contribution in [0.25, 0.3) is 22.3 Å². The smallest absolute Gasteiger partial charge is 0.261 e. The van der Waals surface area contributed by atoms with Crippen LogP contribution in [0.15, 0.2) is 47.3 Å². The molecule has 4 aromatic rings. The average Bonchev–Trinajstić information content (AvgIpc) is 3.28. The number of hydrogen-bond donors (Lipinski definition) is 2. The van der Waals surface area contributed by atoms with Crippen LogP contribution < -0.4 is 15.6 Å². The number of aromatic nitrogens is 5. The van der Waals surface area contributed by atoms with E-state index in [1.807, 2.05) is 24.3 Å². The summed E-state index contributed by atoms with van der Waals surface area (Å²) in [6, 6.07) is 12.4. The van der Waals surface area contributed by atoms with E-state index < -0.39 is 0 Å². The Balaban J connectivity index is 1.42. The van der Waals surface area contributed by atoms with E-state index in [4.69, 9.17) is 9.72 Å². The van der Waals surface area contributed by atoms with Crippen molar-refractivity contribution in [1.82, 2.24) is 24.7 Å². The highest BCUT2D eigenvalue weighted by atomic mass is 16.5. The number of methoxy groups -OCH3 is 1. The lowest BCUT2D eigenvalue weighted by atomic mass is 10.1. The monoisotopic (exact) mass is 444 g/mol. The maximum atomic E-state index is 13.0. The molecule has 9 heteroatoms. The van der Waals surface area contributed by atoms with Gasteiger partial charge in [0.1, 0.15) is 11.6 Å². The third kappa shape index (κ3) is 4.09. The number of nitrogens with one attached hydrogen (secondary N) is 2. The van der Waals surface area contributed by atoms with Crippen molar-refractivity contribution in [2.75, 3.05) is 12.4 Å². The molecule has 5 rings (SSSR count). The summed E-state index contributed by atoms with van der Waals surface area (Å²) in [5, 5.41) is 10.1. The summed E-state index contributed by atoms with van der Waals surface area (Å²) < 4.78 is 7.14. The zero-order chi connectivity index (χ0) is 22.8. The zero-order valence-electron chi connectivity index (χ0n) is 18.3. The number of aromatic amines is 1. The van der Waals surface area contributed by atoms with Crippen molar-refractivity contribution in [3.63, 3.8) is 0 Å². The van der Waals surface area contributed by atoms with Crippen molar-refractivity contribution in [1.29, 1.82) is 0 Å². The number of H-pyrrole nitrogens is 1. The Morgan fingerprint density at radius 2 is 1.94 bits per heavy atom. The fourth-order valence-electron chi connectivity index (χ4n) is 4.19. The molecule has 0 spiro atoms. The Bertz CT molecular complexity index is 1390. The second-order valence-corrected chi connectivity index (χ2v) is 8.04. The molecule has 0 aliphatic carbocycles. The number of benzene rings is 2. The van der Waals surface area contributed by atoms with E-state index in [0.29, 0.717) is 34.6 Å². The van der Waals surface area contributed by atoms with Crippen LogP contribution in [0.1, 0.15) is 41.9 Å². The minimum Gasteiger partial charge on any atom is -0.496 e. The molecule has 3 heterocycles. The van der Waals surface area contributed by atoms with E-state index in [0.717, 1.165) is 43.5 Å². The van der Waals surface area contributed by atoms with Crippen LogP contribution in [0.2, 0.25) is 0 Å². The number of carbonyl (C=O) groups is 1. The number of amides is 1. The number of aryl methyl sites for hydroxylation is 1. The van der Waals surface area contributed by atoms with Crippen LogP contribution in [0, 0.1) is 0 Å². The van der Waals surface area contributed by atoms with Gasteiger partial charge < -0.3 is 4.74 Å². The molecule has 2 aromatic carbocycles. The molecule has 0 saturated carbocycles. The number of carbonyl (C=O) groups excluding carboxylic acids is 1. The molecule has 1 aliphatic rings. The van der Waals surface area contributed by atoms with Crippen molar-refractivity contribution in [2.45, 2.75) is 38.6 Å². The predicted molar refractivity (Wildman–Crippen MR) is 124 cm³/mol. The van der Waals surface area contributed by atoms with Gasteiger partial charge in [-0.3, -0.25) is 24.6 Å². The number of fused-ring (bicyclic) bond motifs is 2. The Kier molecular flexibility index (Phi) is 5.60. The molecule has 0 bridgehead atoms. The number of rotatable bonds is 4. The summed E-state index contributed by atoms with van der Waals surface area (Å²) in [7, 11) is 1.58. The summed E-state index contributed by atoms with van der Waals surface area (Å²) in [6.07, 6.45) is 5.03. The quantitative estimate of drug-likeness (QED) is 0.497. The largest absolute Gasteiger partial charge is 0.496 e. The molecule has 0 fully saturated rings. The molecule has 9 nitrogen and oxygen atoms in total. The molecule has 2 aromatic heterocycles. The summed E-state index contributed by atoms with van der Waals surface area (Å²) in [5.74, 6) is 1.69. The van der Waals surface area contributed by atoms with Gasteiger partial charge in [-0.15, -0.1) is 5.10 Å².